The van der Waals surface area contributed by atoms with Crippen molar-refractivity contribution >= 4 is 20.1 Å². The summed E-state index contributed by atoms with van der Waals surface area (Å²) in [5, 5.41) is 0. The Morgan fingerprint density at radius 2 is 1.44 bits per heavy atom. The average Bonchev–Trinajstić information content (AvgIpc) is 2.76. The van der Waals surface area contributed by atoms with E-state index in [2.05, 4.69) is 8.91 Å². The molecule has 11 heteroatoms. The fourth-order valence-corrected chi connectivity index (χ4v) is 4.80. The summed E-state index contributed by atoms with van der Waals surface area (Å²) in [4.78, 5) is 0.0188. The first-order valence-electron chi connectivity index (χ1n) is 10.0. The zero-order valence-electron chi connectivity index (χ0n) is 18.2. The van der Waals surface area contributed by atoms with Crippen molar-refractivity contribution in [2.75, 3.05) is 6.54 Å². The number of hydrogen-bond donors (Lipinski definition) is 1. The lowest BCUT2D eigenvalue weighted by molar-refractivity contribution is -0.0500. The maximum Gasteiger partial charge on any atom is 0.534 e. The van der Waals surface area contributed by atoms with Crippen LogP contribution in [0.15, 0.2) is 77.7 Å². The molecular weight excluding hydrogens is 491 g/mol. The van der Waals surface area contributed by atoms with Crippen LogP contribution in [-0.4, -0.2) is 28.9 Å². The molecular formula is C23H22F3NO5S2. The Hall–Kier alpha value is -2.89. The van der Waals surface area contributed by atoms with Crippen LogP contribution in [0.25, 0.3) is 0 Å². The van der Waals surface area contributed by atoms with Crippen LogP contribution in [0.1, 0.15) is 28.2 Å². The van der Waals surface area contributed by atoms with E-state index in [1.54, 1.807) is 49.4 Å². The largest absolute Gasteiger partial charge is 0.534 e. The minimum atomic E-state index is -5.93. The lowest BCUT2D eigenvalue weighted by Crippen LogP contribution is -2.31. The van der Waals surface area contributed by atoms with Crippen molar-refractivity contribution in [3.8, 4) is 5.75 Å². The van der Waals surface area contributed by atoms with Crippen LogP contribution < -0.4 is 8.91 Å². The van der Waals surface area contributed by atoms with Gasteiger partial charge in [-0.1, -0.05) is 65.7 Å². The molecule has 0 aliphatic heterocycles. The van der Waals surface area contributed by atoms with E-state index in [0.29, 0.717) is 11.1 Å². The maximum absolute atomic E-state index is 13.0. The predicted molar refractivity (Wildman–Crippen MR) is 121 cm³/mol. The van der Waals surface area contributed by atoms with Crippen molar-refractivity contribution in [2.45, 2.75) is 30.2 Å². The second-order valence-corrected chi connectivity index (χ2v) is 11.0. The van der Waals surface area contributed by atoms with Gasteiger partial charge in [0.1, 0.15) is 5.75 Å². The quantitative estimate of drug-likeness (QED) is 0.350. The van der Waals surface area contributed by atoms with Gasteiger partial charge in [-0.2, -0.15) is 21.6 Å². The van der Waals surface area contributed by atoms with Crippen LogP contribution in [0, 0.1) is 13.8 Å². The SMILES string of the molecule is Cc1ccc(S(=O)(=O)NC[C@@H](c2ccccc2)c2cc(C)ccc2OS(=O)(=O)C(F)(F)F)cc1. The molecule has 0 saturated heterocycles. The standard InChI is InChI=1S/C23H22F3NO5S2/c1-16-8-11-19(12-9-16)33(28,29)27-15-21(18-6-4-3-5-7-18)20-14-17(2)10-13-22(20)32-34(30,31)23(24,25)26/h3-14,21,27H,15H2,1-2H3/t21-/m0/s1. The molecule has 0 amide bonds. The number of benzene rings is 3. The molecule has 34 heavy (non-hydrogen) atoms. The molecule has 0 heterocycles. The van der Waals surface area contributed by atoms with Gasteiger partial charge in [0.15, 0.2) is 0 Å². The van der Waals surface area contributed by atoms with Gasteiger partial charge in [0, 0.05) is 18.0 Å². The van der Waals surface area contributed by atoms with E-state index >= 15 is 0 Å². The number of hydrogen-bond acceptors (Lipinski definition) is 5. The number of aryl methyl sites for hydroxylation is 2. The van der Waals surface area contributed by atoms with Crippen molar-refractivity contribution in [3.05, 3.63) is 95.1 Å². The number of nitrogens with one attached hydrogen (secondary N) is 1. The second kappa shape index (κ2) is 9.77. The minimum absolute atomic E-state index is 0.0188. The molecule has 0 unspecified atom stereocenters. The smallest absolute Gasteiger partial charge is 0.376 e. The predicted octanol–water partition coefficient (Wildman–Crippen LogP) is 4.64. The number of rotatable bonds is 8. The normalized spacial score (nSPS) is 13.4. The van der Waals surface area contributed by atoms with Crippen LogP contribution in [0.3, 0.4) is 0 Å². The monoisotopic (exact) mass is 513 g/mol. The zero-order chi connectivity index (χ0) is 25.1. The van der Waals surface area contributed by atoms with Crippen molar-refractivity contribution in [1.82, 2.24) is 4.72 Å². The second-order valence-electron chi connectivity index (χ2n) is 7.65. The summed E-state index contributed by atoms with van der Waals surface area (Å²) in [5.74, 6) is -1.38. The van der Waals surface area contributed by atoms with E-state index in [1.807, 2.05) is 6.92 Å². The number of alkyl halides is 3. The zero-order valence-corrected chi connectivity index (χ0v) is 19.8. The topological polar surface area (TPSA) is 89.5 Å². The van der Waals surface area contributed by atoms with Gasteiger partial charge in [-0.15, -0.1) is 0 Å². The van der Waals surface area contributed by atoms with Gasteiger partial charge in [0.2, 0.25) is 10.0 Å². The molecule has 0 aromatic heterocycles. The third-order valence-corrected chi connectivity index (χ3v) is 7.44. The highest BCUT2D eigenvalue weighted by Crippen LogP contribution is 2.36. The van der Waals surface area contributed by atoms with Crippen molar-refractivity contribution in [3.63, 3.8) is 0 Å². The molecule has 182 valence electrons. The molecule has 0 spiro atoms. The Labute approximate surface area is 196 Å². The summed E-state index contributed by atoms with van der Waals surface area (Å²) in [7, 11) is -9.89. The summed E-state index contributed by atoms with van der Waals surface area (Å²) >= 11 is 0. The van der Waals surface area contributed by atoms with E-state index < -0.39 is 37.3 Å². The molecule has 0 radical (unpaired) electrons. The third kappa shape index (κ3) is 5.96. The molecule has 3 rings (SSSR count). The molecule has 6 nitrogen and oxygen atoms in total. The Morgan fingerprint density at radius 1 is 0.853 bits per heavy atom. The van der Waals surface area contributed by atoms with Gasteiger partial charge in [-0.05, 0) is 37.6 Å². The molecule has 3 aromatic carbocycles. The Balaban J connectivity index is 2.04. The minimum Gasteiger partial charge on any atom is -0.376 e. The molecule has 3 aromatic rings. The molecule has 0 saturated carbocycles. The van der Waals surface area contributed by atoms with Gasteiger partial charge < -0.3 is 4.18 Å². The Kier molecular flexibility index (Phi) is 7.39. The van der Waals surface area contributed by atoms with E-state index in [9.17, 15) is 30.0 Å². The highest BCUT2D eigenvalue weighted by Gasteiger charge is 2.49. The summed E-state index contributed by atoms with van der Waals surface area (Å²) in [5.41, 5.74) is -3.49. The van der Waals surface area contributed by atoms with Crippen LogP contribution in [-0.2, 0) is 20.1 Å². The molecule has 1 atom stereocenters. The van der Waals surface area contributed by atoms with Crippen LogP contribution in [0.2, 0.25) is 0 Å². The summed E-state index contributed by atoms with van der Waals surface area (Å²) in [6.07, 6.45) is 0. The average molecular weight is 514 g/mol. The highest BCUT2D eigenvalue weighted by molar-refractivity contribution is 7.89. The van der Waals surface area contributed by atoms with Crippen molar-refractivity contribution < 1.29 is 34.2 Å². The van der Waals surface area contributed by atoms with E-state index in [4.69, 9.17) is 0 Å². The molecule has 0 bridgehead atoms. The van der Waals surface area contributed by atoms with E-state index in [-0.39, 0.29) is 17.0 Å². The summed E-state index contributed by atoms with van der Waals surface area (Å²) in [6.45, 7) is 3.22. The molecule has 0 aliphatic carbocycles. The van der Waals surface area contributed by atoms with Crippen LogP contribution in [0.4, 0.5) is 13.2 Å². The van der Waals surface area contributed by atoms with E-state index in [1.165, 1.54) is 24.3 Å². The lowest BCUT2D eigenvalue weighted by atomic mass is 9.90. The lowest BCUT2D eigenvalue weighted by Gasteiger charge is -2.22. The fourth-order valence-electron chi connectivity index (χ4n) is 3.27. The van der Waals surface area contributed by atoms with E-state index in [0.717, 1.165) is 11.6 Å². The summed E-state index contributed by atoms with van der Waals surface area (Å²) < 4.78 is 94.9. The maximum atomic E-state index is 13.0. The van der Waals surface area contributed by atoms with Crippen LogP contribution in [0.5, 0.6) is 5.75 Å². The van der Waals surface area contributed by atoms with Crippen molar-refractivity contribution in [1.29, 1.82) is 0 Å². The summed E-state index contributed by atoms with van der Waals surface area (Å²) in [6, 6.07) is 18.6. The fraction of sp³-hybridized carbons (Fsp3) is 0.217. The van der Waals surface area contributed by atoms with Crippen molar-refractivity contribution in [2.24, 2.45) is 0 Å². The Bertz CT molecular complexity index is 1360. The van der Waals surface area contributed by atoms with Gasteiger partial charge in [0.05, 0.1) is 4.90 Å². The van der Waals surface area contributed by atoms with Gasteiger partial charge in [-0.3, -0.25) is 0 Å². The highest BCUT2D eigenvalue weighted by atomic mass is 32.2. The molecule has 0 aliphatic rings. The third-order valence-electron chi connectivity index (χ3n) is 5.03. The number of sulfonamides is 1. The van der Waals surface area contributed by atoms with Gasteiger partial charge >= 0.3 is 15.6 Å². The Morgan fingerprint density at radius 3 is 2.03 bits per heavy atom. The van der Waals surface area contributed by atoms with Gasteiger partial charge in [0.25, 0.3) is 0 Å². The van der Waals surface area contributed by atoms with Gasteiger partial charge in [-0.25, -0.2) is 13.1 Å². The van der Waals surface area contributed by atoms with Crippen LogP contribution >= 0.6 is 0 Å². The number of halogens is 3. The first kappa shape index (κ1) is 25.7. The first-order chi connectivity index (χ1) is 15.8. The molecule has 1 N–H and O–H groups in total. The molecule has 0 fully saturated rings. The first-order valence-corrected chi connectivity index (χ1v) is 12.9.